The first kappa shape index (κ1) is 23.8. The number of hydrogen-bond acceptors (Lipinski definition) is 5. The van der Waals surface area contributed by atoms with Crippen molar-refractivity contribution in [1.82, 2.24) is 0 Å². The van der Waals surface area contributed by atoms with Crippen molar-refractivity contribution in [3.63, 3.8) is 0 Å². The molecular formula is C13H9F9O5S. The van der Waals surface area contributed by atoms with Crippen molar-refractivity contribution in [2.24, 2.45) is 0 Å². The standard InChI is InChI=1S/C13H9F9O5S/c1-2-26-9(23)7-3-5-8(6-4-7)27-28(24,25)13(21,22)11(16,17)10(14,15)12(18,19)20/h3-6H,2H2,1H3. The van der Waals surface area contributed by atoms with Crippen LogP contribution < -0.4 is 4.18 Å². The Labute approximate surface area is 151 Å². The third kappa shape index (κ3) is 3.98. The number of esters is 1. The summed E-state index contributed by atoms with van der Waals surface area (Å²) in [4.78, 5) is 11.3. The molecule has 0 heterocycles. The highest BCUT2D eigenvalue weighted by Crippen LogP contribution is 2.54. The summed E-state index contributed by atoms with van der Waals surface area (Å²) in [5, 5.41) is -6.97. The van der Waals surface area contributed by atoms with Crippen LogP contribution in [0.1, 0.15) is 17.3 Å². The summed E-state index contributed by atoms with van der Waals surface area (Å²) in [7, 11) is -7.04. The predicted octanol–water partition coefficient (Wildman–Crippen LogP) is 4.00. The molecule has 0 N–H and O–H groups in total. The van der Waals surface area contributed by atoms with Crippen molar-refractivity contribution >= 4 is 16.1 Å². The monoisotopic (exact) mass is 448 g/mol. The number of hydrogen-bond donors (Lipinski definition) is 0. The van der Waals surface area contributed by atoms with E-state index in [1.807, 2.05) is 0 Å². The smallest absolute Gasteiger partial charge is 0.460 e. The van der Waals surface area contributed by atoms with E-state index >= 15 is 0 Å². The Kier molecular flexibility index (Phi) is 6.24. The van der Waals surface area contributed by atoms with Gasteiger partial charge in [0, 0.05) is 0 Å². The first-order chi connectivity index (χ1) is 12.4. The predicted molar refractivity (Wildman–Crippen MR) is 72.8 cm³/mol. The van der Waals surface area contributed by atoms with Gasteiger partial charge in [-0.3, -0.25) is 0 Å². The summed E-state index contributed by atoms with van der Waals surface area (Å²) in [5.41, 5.74) is -0.257. The third-order valence-electron chi connectivity index (χ3n) is 3.00. The van der Waals surface area contributed by atoms with Gasteiger partial charge in [-0.05, 0) is 31.2 Å². The van der Waals surface area contributed by atoms with Gasteiger partial charge in [-0.25, -0.2) is 4.79 Å². The normalized spacial score (nSPS) is 13.9. The number of carbonyl (C=O) groups excluding carboxylic acids is 1. The summed E-state index contributed by atoms with van der Waals surface area (Å²) in [6.07, 6.45) is -7.18. The Balaban J connectivity index is 3.22. The summed E-state index contributed by atoms with van der Waals surface area (Å²) in [6.45, 7) is 1.36. The molecule has 1 aromatic rings. The second-order valence-corrected chi connectivity index (χ2v) is 6.53. The SMILES string of the molecule is CCOC(=O)c1ccc(OS(=O)(=O)C(F)(F)C(F)(F)C(F)(F)C(F)(F)F)cc1. The van der Waals surface area contributed by atoms with Crippen LogP contribution >= 0.6 is 0 Å². The Morgan fingerprint density at radius 1 is 0.893 bits per heavy atom. The molecule has 28 heavy (non-hydrogen) atoms. The van der Waals surface area contributed by atoms with Gasteiger partial charge >= 0.3 is 39.4 Å². The van der Waals surface area contributed by atoms with Crippen molar-refractivity contribution in [3.05, 3.63) is 29.8 Å². The summed E-state index contributed by atoms with van der Waals surface area (Å²) in [5.74, 6) is -16.9. The van der Waals surface area contributed by atoms with E-state index in [9.17, 15) is 52.7 Å². The van der Waals surface area contributed by atoms with Crippen molar-refractivity contribution < 1.29 is 61.6 Å². The molecule has 0 spiro atoms. The molecular weight excluding hydrogens is 439 g/mol. The zero-order valence-electron chi connectivity index (χ0n) is 13.4. The van der Waals surface area contributed by atoms with E-state index in [4.69, 9.17) is 0 Å². The highest BCUT2D eigenvalue weighted by atomic mass is 32.2. The molecule has 0 unspecified atom stereocenters. The molecule has 1 rings (SSSR count). The second kappa shape index (κ2) is 7.33. The number of alkyl halides is 9. The second-order valence-electron chi connectivity index (χ2n) is 4.95. The molecule has 15 heteroatoms. The summed E-state index contributed by atoms with van der Waals surface area (Å²) < 4.78 is 146. The molecule has 0 saturated carbocycles. The summed E-state index contributed by atoms with van der Waals surface area (Å²) >= 11 is 0. The Morgan fingerprint density at radius 3 is 1.75 bits per heavy atom. The maximum absolute atomic E-state index is 13.5. The van der Waals surface area contributed by atoms with Gasteiger partial charge < -0.3 is 8.92 Å². The highest BCUT2D eigenvalue weighted by molar-refractivity contribution is 7.88. The molecule has 5 nitrogen and oxygen atoms in total. The van der Waals surface area contributed by atoms with Gasteiger partial charge in [-0.2, -0.15) is 47.9 Å². The molecule has 0 amide bonds. The zero-order valence-corrected chi connectivity index (χ0v) is 14.2. The van der Waals surface area contributed by atoms with Crippen LogP contribution in [0.2, 0.25) is 0 Å². The van der Waals surface area contributed by atoms with E-state index in [0.717, 1.165) is 12.1 Å². The molecule has 1 aromatic carbocycles. The van der Waals surface area contributed by atoms with E-state index in [1.54, 1.807) is 0 Å². The van der Waals surface area contributed by atoms with Crippen molar-refractivity contribution in [3.8, 4) is 5.75 Å². The van der Waals surface area contributed by atoms with E-state index in [-0.39, 0.29) is 12.2 Å². The van der Waals surface area contributed by atoms with Crippen LogP contribution in [0.5, 0.6) is 5.75 Å². The summed E-state index contributed by atoms with van der Waals surface area (Å²) in [6, 6.07) is 2.45. The van der Waals surface area contributed by atoms with Crippen LogP contribution in [0.3, 0.4) is 0 Å². The Hall–Kier alpha value is -2.19. The number of benzene rings is 1. The minimum absolute atomic E-state index is 0.0693. The fraction of sp³-hybridized carbons (Fsp3) is 0.462. The van der Waals surface area contributed by atoms with Crippen LogP contribution in [0.4, 0.5) is 39.5 Å². The molecule has 0 bridgehead atoms. The molecule has 0 aliphatic carbocycles. The lowest BCUT2D eigenvalue weighted by Gasteiger charge is -2.32. The number of carbonyl (C=O) groups is 1. The van der Waals surface area contributed by atoms with Crippen LogP contribution in [0.25, 0.3) is 0 Å². The first-order valence-corrected chi connectivity index (χ1v) is 8.24. The maximum Gasteiger partial charge on any atom is 0.460 e. The van der Waals surface area contributed by atoms with Gasteiger partial charge in [0.1, 0.15) is 5.75 Å². The largest absolute Gasteiger partial charge is 0.462 e. The van der Waals surface area contributed by atoms with E-state index < -0.39 is 45.1 Å². The van der Waals surface area contributed by atoms with Gasteiger partial charge in [0.2, 0.25) is 0 Å². The number of rotatable bonds is 7. The zero-order chi connectivity index (χ0) is 22.2. The van der Waals surface area contributed by atoms with Crippen LogP contribution in [0.15, 0.2) is 24.3 Å². The van der Waals surface area contributed by atoms with E-state index in [1.165, 1.54) is 6.92 Å². The van der Waals surface area contributed by atoms with Gasteiger partial charge in [0.15, 0.2) is 0 Å². The van der Waals surface area contributed by atoms with Gasteiger partial charge in [-0.15, -0.1) is 0 Å². The Morgan fingerprint density at radius 2 is 1.36 bits per heavy atom. The maximum atomic E-state index is 13.5. The average Bonchev–Trinajstić information content (AvgIpc) is 2.53. The first-order valence-electron chi connectivity index (χ1n) is 6.83. The molecule has 0 aliphatic rings. The molecule has 0 radical (unpaired) electrons. The van der Waals surface area contributed by atoms with Crippen molar-refractivity contribution in [1.29, 1.82) is 0 Å². The van der Waals surface area contributed by atoms with Crippen molar-refractivity contribution in [2.45, 2.75) is 30.2 Å². The van der Waals surface area contributed by atoms with Crippen LogP contribution in [0, 0.1) is 0 Å². The van der Waals surface area contributed by atoms with Gasteiger partial charge in [0.05, 0.1) is 12.2 Å². The van der Waals surface area contributed by atoms with E-state index in [2.05, 4.69) is 8.92 Å². The average molecular weight is 448 g/mol. The fourth-order valence-electron chi connectivity index (χ4n) is 1.56. The van der Waals surface area contributed by atoms with Gasteiger partial charge in [0.25, 0.3) is 0 Å². The van der Waals surface area contributed by atoms with Gasteiger partial charge in [-0.1, -0.05) is 0 Å². The lowest BCUT2D eigenvalue weighted by Crippen LogP contribution is -2.63. The van der Waals surface area contributed by atoms with Crippen LogP contribution in [-0.2, 0) is 14.9 Å². The molecule has 0 saturated heterocycles. The molecule has 160 valence electrons. The van der Waals surface area contributed by atoms with Crippen molar-refractivity contribution in [2.75, 3.05) is 6.61 Å². The molecule has 0 aromatic heterocycles. The quantitative estimate of drug-likeness (QED) is 0.359. The molecule has 0 aliphatic heterocycles. The lowest BCUT2D eigenvalue weighted by molar-refractivity contribution is -0.382. The third-order valence-corrected chi connectivity index (χ3v) is 4.30. The number of ether oxygens (including phenoxy) is 1. The topological polar surface area (TPSA) is 69.7 Å². The fourth-order valence-corrected chi connectivity index (χ4v) is 2.47. The molecule has 0 atom stereocenters. The minimum atomic E-state index is -7.40. The van der Waals surface area contributed by atoms with Crippen LogP contribution in [-0.4, -0.2) is 44.3 Å². The lowest BCUT2D eigenvalue weighted by atomic mass is 10.1. The minimum Gasteiger partial charge on any atom is -0.462 e. The Bertz CT molecular complexity index is 816. The molecule has 0 fully saturated rings. The highest BCUT2D eigenvalue weighted by Gasteiger charge is 2.86. The number of halogens is 9. The van der Waals surface area contributed by atoms with E-state index in [0.29, 0.717) is 12.1 Å².